The monoisotopic (exact) mass is 518 g/mol. The van der Waals surface area contributed by atoms with Gasteiger partial charge in [0.05, 0.1) is 41.0 Å². The van der Waals surface area contributed by atoms with Gasteiger partial charge in [-0.15, -0.1) is 0 Å². The maximum Gasteiger partial charge on any atom is 0.405 e. The van der Waals surface area contributed by atoms with Crippen molar-refractivity contribution < 1.29 is 31.5 Å². The number of alkyl halides is 5. The quantitative estimate of drug-likeness (QED) is 0.326. The van der Waals surface area contributed by atoms with Gasteiger partial charge in [-0.3, -0.25) is 19.5 Å². The number of fused-ring (bicyclic) bond motifs is 2. The average molecular weight is 518 g/mol. The molecular weight excluding hydrogens is 499 g/mol. The molecule has 192 valence electrons. The van der Waals surface area contributed by atoms with Gasteiger partial charge < -0.3 is 10.1 Å². The van der Waals surface area contributed by atoms with Crippen LogP contribution in [0.3, 0.4) is 0 Å². The van der Waals surface area contributed by atoms with Gasteiger partial charge in [0, 0.05) is 24.3 Å². The minimum atomic E-state index is -4.45. The number of hydrogen-bond donors (Lipinski definition) is 1. The molecule has 8 nitrogen and oxygen atoms in total. The molecule has 0 spiro atoms. The summed E-state index contributed by atoms with van der Waals surface area (Å²) >= 11 is 0. The van der Waals surface area contributed by atoms with Crippen LogP contribution in [-0.4, -0.2) is 40.1 Å². The number of amides is 2. The zero-order valence-corrected chi connectivity index (χ0v) is 19.2. The van der Waals surface area contributed by atoms with E-state index in [4.69, 9.17) is 0 Å². The normalized spacial score (nSPS) is 13.9. The number of aromatic nitrogens is 3. The summed E-state index contributed by atoms with van der Waals surface area (Å²) in [5, 5.41) is 7.40. The van der Waals surface area contributed by atoms with Crippen LogP contribution in [0.5, 0.6) is 5.75 Å². The van der Waals surface area contributed by atoms with Gasteiger partial charge in [0.15, 0.2) is 0 Å². The van der Waals surface area contributed by atoms with Gasteiger partial charge in [-0.1, -0.05) is 0 Å². The molecule has 0 saturated carbocycles. The first-order valence-electron chi connectivity index (χ1n) is 11.0. The lowest BCUT2D eigenvalue weighted by molar-refractivity contribution is -0.115. The summed E-state index contributed by atoms with van der Waals surface area (Å²) in [6.07, 6.45) is -1.38. The lowest BCUT2D eigenvalue weighted by Crippen LogP contribution is -2.45. The maximum atomic E-state index is 13.8. The Hall–Kier alpha value is -4.42. The Balaban J connectivity index is 1.56. The number of halogens is 5. The summed E-state index contributed by atoms with van der Waals surface area (Å²) in [4.78, 5) is 20.8. The van der Waals surface area contributed by atoms with Gasteiger partial charge in [0.2, 0.25) is 0 Å². The minimum absolute atomic E-state index is 0.0581. The molecule has 0 bridgehead atoms. The van der Waals surface area contributed by atoms with Gasteiger partial charge in [0.25, 0.3) is 0 Å². The molecule has 3 heterocycles. The molecule has 0 saturated heterocycles. The van der Waals surface area contributed by atoms with E-state index >= 15 is 0 Å². The molecular formula is C24H19F5N6O2. The SMILES string of the molecule is Cn1cc2cc(N3Cc4ncc(NCC(F)(F)F)cc4N(c4ccc(OC(F)F)cc4)C3=O)ccc2n1. The van der Waals surface area contributed by atoms with E-state index in [2.05, 4.69) is 20.1 Å². The molecule has 2 aromatic carbocycles. The molecule has 13 heteroatoms. The third kappa shape index (κ3) is 5.10. The van der Waals surface area contributed by atoms with Crippen LogP contribution >= 0.6 is 0 Å². The molecule has 2 amide bonds. The number of rotatable bonds is 6. The van der Waals surface area contributed by atoms with E-state index in [1.54, 1.807) is 36.1 Å². The number of pyridine rings is 1. The van der Waals surface area contributed by atoms with E-state index < -0.39 is 25.4 Å². The molecule has 2 aromatic heterocycles. The zero-order valence-electron chi connectivity index (χ0n) is 19.2. The second-order valence-electron chi connectivity index (χ2n) is 8.28. The summed E-state index contributed by atoms with van der Waals surface area (Å²) in [6.45, 7) is -4.24. The number of carbonyl (C=O) groups is 1. The number of benzene rings is 2. The van der Waals surface area contributed by atoms with Crippen LogP contribution in [0.4, 0.5) is 49.5 Å². The van der Waals surface area contributed by atoms with Crippen molar-refractivity contribution in [2.45, 2.75) is 19.3 Å². The molecule has 5 rings (SSSR count). The zero-order chi connectivity index (χ0) is 26.3. The number of carbonyl (C=O) groups excluding carboxylic acids is 1. The molecule has 0 unspecified atom stereocenters. The van der Waals surface area contributed by atoms with Crippen LogP contribution in [0.15, 0.2) is 60.9 Å². The third-order valence-corrected chi connectivity index (χ3v) is 5.65. The molecule has 1 aliphatic rings. The second-order valence-corrected chi connectivity index (χ2v) is 8.28. The highest BCUT2D eigenvalue weighted by atomic mass is 19.4. The van der Waals surface area contributed by atoms with Crippen molar-refractivity contribution in [3.05, 3.63) is 66.6 Å². The molecule has 0 aliphatic carbocycles. The van der Waals surface area contributed by atoms with Gasteiger partial charge in [-0.2, -0.15) is 27.1 Å². The second kappa shape index (κ2) is 9.22. The van der Waals surface area contributed by atoms with E-state index in [1.807, 2.05) is 0 Å². The minimum Gasteiger partial charge on any atom is -0.435 e. The topological polar surface area (TPSA) is 75.5 Å². The highest BCUT2D eigenvalue weighted by Crippen LogP contribution is 2.38. The Bertz CT molecular complexity index is 1450. The van der Waals surface area contributed by atoms with Crippen molar-refractivity contribution in [3.63, 3.8) is 0 Å². The Morgan fingerprint density at radius 2 is 1.81 bits per heavy atom. The van der Waals surface area contributed by atoms with Gasteiger partial charge in [0.1, 0.15) is 12.3 Å². The number of urea groups is 1. The van der Waals surface area contributed by atoms with Crippen LogP contribution in [0.25, 0.3) is 10.9 Å². The number of nitrogens with zero attached hydrogens (tertiary/aromatic N) is 5. The molecule has 0 atom stereocenters. The van der Waals surface area contributed by atoms with Crippen LogP contribution < -0.4 is 19.9 Å². The van der Waals surface area contributed by atoms with Crippen LogP contribution in [0, 0.1) is 0 Å². The van der Waals surface area contributed by atoms with Crippen molar-refractivity contribution in [2.75, 3.05) is 21.7 Å². The van der Waals surface area contributed by atoms with Gasteiger partial charge in [-0.05, 0) is 48.5 Å². The van der Waals surface area contributed by atoms with E-state index in [0.717, 1.165) is 10.9 Å². The number of ether oxygens (including phenoxy) is 1. The lowest BCUT2D eigenvalue weighted by Gasteiger charge is -2.36. The fourth-order valence-electron chi connectivity index (χ4n) is 4.07. The van der Waals surface area contributed by atoms with Crippen LogP contribution in [0.1, 0.15) is 5.69 Å². The van der Waals surface area contributed by atoms with E-state index in [-0.39, 0.29) is 29.4 Å². The molecule has 0 radical (unpaired) electrons. The van der Waals surface area contributed by atoms with Crippen molar-refractivity contribution in [1.82, 2.24) is 14.8 Å². The molecule has 37 heavy (non-hydrogen) atoms. The number of aryl methyl sites for hydroxylation is 1. The summed E-state index contributed by atoms with van der Waals surface area (Å²) in [5.74, 6) is -0.110. The van der Waals surface area contributed by atoms with Crippen molar-refractivity contribution in [3.8, 4) is 5.75 Å². The molecule has 0 fully saturated rings. The highest BCUT2D eigenvalue weighted by Gasteiger charge is 2.34. The van der Waals surface area contributed by atoms with Crippen LogP contribution in [-0.2, 0) is 13.6 Å². The predicted octanol–water partition coefficient (Wildman–Crippen LogP) is 5.82. The summed E-state index contributed by atoms with van der Waals surface area (Å²) in [6, 6.07) is 11.5. The number of hydrogen-bond acceptors (Lipinski definition) is 5. The molecule has 1 aliphatic heterocycles. The van der Waals surface area contributed by atoms with Crippen LogP contribution in [0.2, 0.25) is 0 Å². The van der Waals surface area contributed by atoms with E-state index in [9.17, 15) is 26.7 Å². The maximum absolute atomic E-state index is 13.8. The Labute approximate surface area is 206 Å². The smallest absolute Gasteiger partial charge is 0.405 e. The first-order chi connectivity index (χ1) is 17.6. The Morgan fingerprint density at radius 1 is 1.08 bits per heavy atom. The largest absolute Gasteiger partial charge is 0.435 e. The standard InChI is InChI=1S/C24H19F5N6O2/c1-33-11-14-8-17(4-7-19(14)32-33)34-12-20-21(9-15(10-30-20)31-13-24(27,28)29)35(23(34)36)16-2-5-18(6-3-16)37-22(25)26/h2-11,22,31H,12-13H2,1H3. The van der Waals surface area contributed by atoms with E-state index in [1.165, 1.54) is 46.3 Å². The number of anilines is 4. The van der Waals surface area contributed by atoms with Crippen molar-refractivity contribution >= 4 is 39.7 Å². The Morgan fingerprint density at radius 3 is 2.51 bits per heavy atom. The fourth-order valence-corrected chi connectivity index (χ4v) is 4.07. The summed E-state index contributed by atoms with van der Waals surface area (Å²) in [5.41, 5.74) is 2.34. The molecule has 4 aromatic rings. The van der Waals surface area contributed by atoms with Crippen molar-refractivity contribution in [2.24, 2.45) is 7.05 Å². The Kier molecular flexibility index (Phi) is 6.05. The average Bonchev–Trinajstić information content (AvgIpc) is 3.21. The summed E-state index contributed by atoms with van der Waals surface area (Å²) < 4.78 is 69.4. The third-order valence-electron chi connectivity index (χ3n) is 5.65. The van der Waals surface area contributed by atoms with Crippen molar-refractivity contribution in [1.29, 1.82) is 0 Å². The lowest BCUT2D eigenvalue weighted by atomic mass is 10.1. The van der Waals surface area contributed by atoms with Gasteiger partial charge >= 0.3 is 18.8 Å². The molecule has 1 N–H and O–H groups in total. The van der Waals surface area contributed by atoms with Gasteiger partial charge in [-0.25, -0.2) is 4.79 Å². The fraction of sp³-hybridized carbons (Fsp3) is 0.208. The van der Waals surface area contributed by atoms with E-state index in [0.29, 0.717) is 11.4 Å². The first-order valence-corrected chi connectivity index (χ1v) is 11.0. The summed E-state index contributed by atoms with van der Waals surface area (Å²) in [7, 11) is 1.78. The number of nitrogens with one attached hydrogen (secondary N) is 1. The predicted molar refractivity (Wildman–Crippen MR) is 126 cm³/mol. The first kappa shape index (κ1) is 24.3. The highest BCUT2D eigenvalue weighted by molar-refractivity contribution is 6.11.